The number of nitrogens with zero attached hydrogens (tertiary/aromatic N) is 3. The first-order valence-electron chi connectivity index (χ1n) is 8.42. The number of aliphatic hydroxyl groups is 1. The Balaban J connectivity index is 1.51. The van der Waals surface area contributed by atoms with Gasteiger partial charge in [-0.2, -0.15) is 13.2 Å². The Morgan fingerprint density at radius 1 is 1.15 bits per heavy atom. The minimum Gasteiger partial charge on any atom is -0.386 e. The lowest BCUT2D eigenvalue weighted by Gasteiger charge is -2.21. The van der Waals surface area contributed by atoms with Gasteiger partial charge in [0.2, 0.25) is 0 Å². The maximum Gasteiger partial charge on any atom is 0.416 e. The van der Waals surface area contributed by atoms with Crippen molar-refractivity contribution in [3.05, 3.63) is 54.0 Å². The predicted octanol–water partition coefficient (Wildman–Crippen LogP) is 3.44. The van der Waals surface area contributed by atoms with Gasteiger partial charge in [0, 0.05) is 6.20 Å². The van der Waals surface area contributed by atoms with E-state index in [0.29, 0.717) is 35.3 Å². The quantitative estimate of drug-likeness (QED) is 0.729. The maximum atomic E-state index is 12.7. The van der Waals surface area contributed by atoms with Crippen LogP contribution in [0.25, 0.3) is 11.0 Å². The van der Waals surface area contributed by atoms with Crippen LogP contribution in [0.1, 0.15) is 36.3 Å². The molecule has 4 rings (SSSR count). The minimum atomic E-state index is -4.41. The minimum absolute atomic E-state index is 0.342. The number of rotatable bonds is 3. The van der Waals surface area contributed by atoms with E-state index in [4.69, 9.17) is 10.5 Å². The summed E-state index contributed by atoms with van der Waals surface area (Å²) in [5.74, 6) is 0.373. The summed E-state index contributed by atoms with van der Waals surface area (Å²) < 4.78 is 45.8. The zero-order valence-corrected chi connectivity index (χ0v) is 14.1. The highest BCUT2D eigenvalue weighted by atomic mass is 19.4. The smallest absolute Gasteiger partial charge is 0.386 e. The topological polar surface area (TPSA) is 86.2 Å². The number of aliphatic hydroxyl groups excluding tert-OH is 1. The van der Waals surface area contributed by atoms with Crippen LogP contribution in [0.2, 0.25) is 0 Å². The lowest BCUT2D eigenvalue weighted by atomic mass is 10.0. The van der Waals surface area contributed by atoms with Crippen molar-refractivity contribution in [3.8, 4) is 0 Å². The van der Waals surface area contributed by atoms with Crippen LogP contribution in [0.3, 0.4) is 0 Å². The Morgan fingerprint density at radius 3 is 2.59 bits per heavy atom. The summed E-state index contributed by atoms with van der Waals surface area (Å²) in [6, 6.07) is 6.29. The lowest BCUT2D eigenvalue weighted by Crippen LogP contribution is -2.19. The normalized spacial score (nSPS) is 21.6. The first kappa shape index (κ1) is 17.7. The Morgan fingerprint density at radius 2 is 1.89 bits per heavy atom. The van der Waals surface area contributed by atoms with Crippen LogP contribution in [-0.4, -0.2) is 25.7 Å². The first-order valence-corrected chi connectivity index (χ1v) is 8.42. The van der Waals surface area contributed by atoms with Crippen LogP contribution in [0.15, 0.2) is 42.9 Å². The van der Waals surface area contributed by atoms with E-state index in [-0.39, 0.29) is 6.23 Å². The number of fused-ring (bicyclic) bond motifs is 1. The molecule has 2 aromatic heterocycles. The molecule has 1 aliphatic rings. The van der Waals surface area contributed by atoms with Gasteiger partial charge >= 0.3 is 6.18 Å². The molecule has 1 unspecified atom stereocenters. The summed E-state index contributed by atoms with van der Waals surface area (Å²) in [4.78, 5) is 8.18. The molecule has 0 spiro atoms. The van der Waals surface area contributed by atoms with Gasteiger partial charge < -0.3 is 20.1 Å². The molecule has 1 aliphatic heterocycles. The van der Waals surface area contributed by atoms with Gasteiger partial charge in [0.15, 0.2) is 0 Å². The third kappa shape index (κ3) is 3.24. The lowest BCUT2D eigenvalue weighted by molar-refractivity contribution is -0.137. The summed E-state index contributed by atoms with van der Waals surface area (Å²) in [5.41, 5.74) is 6.11. The van der Waals surface area contributed by atoms with Gasteiger partial charge in [-0.15, -0.1) is 0 Å². The Kier molecular flexibility index (Phi) is 4.27. The molecule has 1 aromatic carbocycles. The number of alkyl halides is 3. The highest BCUT2D eigenvalue weighted by Gasteiger charge is 2.34. The van der Waals surface area contributed by atoms with Crippen molar-refractivity contribution in [1.29, 1.82) is 0 Å². The van der Waals surface area contributed by atoms with Crippen LogP contribution in [0.4, 0.5) is 19.0 Å². The molecule has 6 nitrogen and oxygen atoms in total. The second-order valence-corrected chi connectivity index (χ2v) is 6.49. The second kappa shape index (κ2) is 6.50. The van der Waals surface area contributed by atoms with E-state index in [1.165, 1.54) is 18.5 Å². The van der Waals surface area contributed by atoms with Gasteiger partial charge in [-0.1, -0.05) is 12.1 Å². The van der Waals surface area contributed by atoms with Gasteiger partial charge in [0.1, 0.15) is 30.1 Å². The van der Waals surface area contributed by atoms with Crippen molar-refractivity contribution in [2.45, 2.75) is 37.5 Å². The van der Waals surface area contributed by atoms with Gasteiger partial charge in [-0.25, -0.2) is 9.97 Å². The molecule has 142 valence electrons. The molecule has 0 amide bonds. The van der Waals surface area contributed by atoms with Crippen LogP contribution in [0.5, 0.6) is 0 Å². The van der Waals surface area contributed by atoms with Crippen molar-refractivity contribution < 1.29 is 23.0 Å². The highest BCUT2D eigenvalue weighted by Crippen LogP contribution is 2.37. The van der Waals surface area contributed by atoms with Crippen LogP contribution >= 0.6 is 0 Å². The van der Waals surface area contributed by atoms with E-state index in [2.05, 4.69) is 9.97 Å². The molecule has 0 saturated carbocycles. The summed E-state index contributed by atoms with van der Waals surface area (Å²) >= 11 is 0. The molecular formula is C18H17F3N4O2. The van der Waals surface area contributed by atoms with Crippen molar-refractivity contribution >= 4 is 16.9 Å². The number of aromatic nitrogens is 3. The molecule has 3 atom stereocenters. The van der Waals surface area contributed by atoms with Crippen LogP contribution < -0.4 is 5.73 Å². The van der Waals surface area contributed by atoms with Crippen molar-refractivity contribution in [2.24, 2.45) is 0 Å². The molecule has 1 saturated heterocycles. The fraction of sp³-hybridized carbons (Fsp3) is 0.333. The van der Waals surface area contributed by atoms with Gasteiger partial charge in [-0.05, 0) is 36.6 Å². The van der Waals surface area contributed by atoms with Crippen LogP contribution in [-0.2, 0) is 10.9 Å². The number of halogens is 3. The average Bonchev–Trinajstić information content (AvgIpc) is 3.28. The van der Waals surface area contributed by atoms with E-state index in [1.807, 2.05) is 4.57 Å². The monoisotopic (exact) mass is 378 g/mol. The molecule has 3 N–H and O–H groups in total. The molecule has 1 fully saturated rings. The number of hydrogen-bond donors (Lipinski definition) is 2. The largest absolute Gasteiger partial charge is 0.416 e. The Bertz CT molecular complexity index is 955. The first-order chi connectivity index (χ1) is 12.8. The van der Waals surface area contributed by atoms with Crippen molar-refractivity contribution in [1.82, 2.24) is 14.5 Å². The van der Waals surface area contributed by atoms with Gasteiger partial charge in [-0.3, -0.25) is 0 Å². The molecule has 27 heavy (non-hydrogen) atoms. The highest BCUT2D eigenvalue weighted by molar-refractivity contribution is 5.86. The van der Waals surface area contributed by atoms with Crippen LogP contribution in [0, 0.1) is 0 Å². The van der Waals surface area contributed by atoms with Gasteiger partial charge in [0.05, 0.1) is 17.1 Å². The SMILES string of the molecule is Nc1ncnc2c1ccn2[C@H]1CC[C@@H](C(O)c2ccc(C(F)(F)F)cc2)O1. The predicted molar refractivity (Wildman–Crippen MR) is 91.5 cm³/mol. The molecule has 0 bridgehead atoms. The van der Waals surface area contributed by atoms with E-state index >= 15 is 0 Å². The summed E-state index contributed by atoms with van der Waals surface area (Å²) in [5, 5.41) is 11.2. The zero-order chi connectivity index (χ0) is 19.2. The summed E-state index contributed by atoms with van der Waals surface area (Å²) in [7, 11) is 0. The summed E-state index contributed by atoms with van der Waals surface area (Å²) in [6.45, 7) is 0. The van der Waals surface area contributed by atoms with E-state index in [0.717, 1.165) is 12.1 Å². The number of nitrogens with two attached hydrogens (primary N) is 1. The maximum absolute atomic E-state index is 12.7. The Labute approximate surface area is 152 Å². The molecule has 0 radical (unpaired) electrons. The van der Waals surface area contributed by atoms with Gasteiger partial charge in [0.25, 0.3) is 0 Å². The number of benzene rings is 1. The summed E-state index contributed by atoms with van der Waals surface area (Å²) in [6.07, 6.45) is -1.92. The second-order valence-electron chi connectivity index (χ2n) is 6.49. The van der Waals surface area contributed by atoms with Crippen molar-refractivity contribution in [2.75, 3.05) is 5.73 Å². The standard InChI is InChI=1S/C18H17F3N4O2/c19-18(20,21)11-3-1-10(2-4-11)15(26)13-5-6-14(27-13)25-8-7-12-16(22)23-9-24-17(12)25/h1-4,7-9,13-15,26H,5-6H2,(H2,22,23,24)/t13-,14+,15?/m0/s1. The number of hydrogen-bond acceptors (Lipinski definition) is 5. The van der Waals surface area contributed by atoms with Crippen molar-refractivity contribution in [3.63, 3.8) is 0 Å². The zero-order valence-electron chi connectivity index (χ0n) is 14.1. The molecule has 3 aromatic rings. The third-order valence-corrected chi connectivity index (χ3v) is 4.81. The Hall–Kier alpha value is -2.65. The number of anilines is 1. The van der Waals surface area contributed by atoms with E-state index in [1.54, 1.807) is 12.3 Å². The molecule has 3 heterocycles. The fourth-order valence-electron chi connectivity index (χ4n) is 3.39. The molecule has 9 heteroatoms. The molecule has 0 aliphatic carbocycles. The fourth-order valence-corrected chi connectivity index (χ4v) is 3.39. The number of ether oxygens (including phenoxy) is 1. The third-order valence-electron chi connectivity index (χ3n) is 4.81. The average molecular weight is 378 g/mol. The number of nitrogen functional groups attached to an aromatic ring is 1. The van der Waals surface area contributed by atoms with E-state index < -0.39 is 23.9 Å². The van der Waals surface area contributed by atoms with E-state index in [9.17, 15) is 18.3 Å². The molecular weight excluding hydrogens is 361 g/mol.